The number of benzene rings is 1. The minimum absolute atomic E-state index is 0.0424. The number of hydrogen-bond acceptors (Lipinski definition) is 6. The number of nitrogens with zero attached hydrogens (tertiary/aromatic N) is 3. The molecule has 0 saturated carbocycles. The molecule has 0 aliphatic heterocycles. The number of fused-ring (bicyclic) bond motifs is 1. The van der Waals surface area contributed by atoms with Crippen molar-refractivity contribution in [3.05, 3.63) is 53.8 Å². The van der Waals surface area contributed by atoms with Crippen LogP contribution < -0.4 is 11.2 Å². The van der Waals surface area contributed by atoms with Gasteiger partial charge >= 0.3 is 0 Å². The zero-order valence-corrected chi connectivity index (χ0v) is 14.9. The standard InChI is InChI=1S/C18H19N5O2S/c19-23-17(15-9-4-10-25-15)21-22-18(23)26-11-16(24)20-14-8-3-6-12-5-1-2-7-13(12)14/h1-2,4-5,7,9-10,14H,3,6,8,11,19H2,(H,20,24)/t14-/m0/s1. The van der Waals surface area contributed by atoms with E-state index in [0.29, 0.717) is 16.7 Å². The topological polar surface area (TPSA) is 99.0 Å². The van der Waals surface area contributed by atoms with E-state index in [2.05, 4.69) is 27.6 Å². The lowest BCUT2D eigenvalue weighted by atomic mass is 9.88. The molecule has 0 fully saturated rings. The van der Waals surface area contributed by atoms with Crippen LogP contribution >= 0.6 is 11.8 Å². The van der Waals surface area contributed by atoms with Crippen molar-refractivity contribution in [3.8, 4) is 11.6 Å². The summed E-state index contributed by atoms with van der Waals surface area (Å²) < 4.78 is 6.62. The molecular formula is C18H19N5O2S. The minimum Gasteiger partial charge on any atom is -0.461 e. The van der Waals surface area contributed by atoms with E-state index in [9.17, 15) is 4.79 Å². The first kappa shape index (κ1) is 16.7. The highest BCUT2D eigenvalue weighted by Crippen LogP contribution is 2.29. The second-order valence-electron chi connectivity index (χ2n) is 6.15. The fourth-order valence-electron chi connectivity index (χ4n) is 3.22. The quantitative estimate of drug-likeness (QED) is 0.530. The van der Waals surface area contributed by atoms with E-state index < -0.39 is 0 Å². The van der Waals surface area contributed by atoms with Crippen LogP contribution in [0.2, 0.25) is 0 Å². The molecule has 0 unspecified atom stereocenters. The zero-order valence-electron chi connectivity index (χ0n) is 14.1. The molecule has 1 aromatic carbocycles. The molecule has 1 aliphatic rings. The maximum absolute atomic E-state index is 12.4. The number of aryl methyl sites for hydroxylation is 1. The molecule has 3 N–H and O–H groups in total. The van der Waals surface area contributed by atoms with E-state index in [4.69, 9.17) is 10.3 Å². The number of carbonyl (C=O) groups excluding carboxylic acids is 1. The highest BCUT2D eigenvalue weighted by atomic mass is 32.2. The van der Waals surface area contributed by atoms with Gasteiger partial charge in [-0.2, -0.15) is 0 Å². The summed E-state index contributed by atoms with van der Waals surface area (Å²) in [7, 11) is 0. The molecule has 26 heavy (non-hydrogen) atoms. The highest BCUT2D eigenvalue weighted by molar-refractivity contribution is 7.99. The molecule has 1 atom stereocenters. The minimum atomic E-state index is -0.0424. The lowest BCUT2D eigenvalue weighted by molar-refractivity contribution is -0.119. The van der Waals surface area contributed by atoms with Gasteiger partial charge in [0.2, 0.25) is 16.9 Å². The first-order chi connectivity index (χ1) is 12.7. The van der Waals surface area contributed by atoms with Crippen molar-refractivity contribution >= 4 is 17.7 Å². The van der Waals surface area contributed by atoms with Crippen molar-refractivity contribution < 1.29 is 9.21 Å². The van der Waals surface area contributed by atoms with E-state index in [1.807, 2.05) is 12.1 Å². The Balaban J connectivity index is 1.38. The summed E-state index contributed by atoms with van der Waals surface area (Å²) in [4.78, 5) is 12.4. The summed E-state index contributed by atoms with van der Waals surface area (Å²) in [6, 6.07) is 11.9. The average molecular weight is 369 g/mol. The van der Waals surface area contributed by atoms with Crippen molar-refractivity contribution in [2.45, 2.75) is 30.5 Å². The van der Waals surface area contributed by atoms with E-state index in [1.165, 1.54) is 27.6 Å². The SMILES string of the molecule is Nn1c(SCC(=O)N[C@H]2CCCc3ccccc32)nnc1-c1ccco1. The number of furan rings is 1. The number of amides is 1. The van der Waals surface area contributed by atoms with Gasteiger partial charge in [0.05, 0.1) is 18.1 Å². The molecule has 2 heterocycles. The summed E-state index contributed by atoms with van der Waals surface area (Å²) in [5, 5.41) is 11.7. The Bertz CT molecular complexity index is 906. The first-order valence-corrected chi connectivity index (χ1v) is 9.45. The van der Waals surface area contributed by atoms with Gasteiger partial charge in [-0.05, 0) is 42.5 Å². The molecule has 0 bridgehead atoms. The second-order valence-corrected chi connectivity index (χ2v) is 7.10. The lowest BCUT2D eigenvalue weighted by Gasteiger charge is -2.26. The van der Waals surface area contributed by atoms with Crippen LogP contribution in [-0.2, 0) is 11.2 Å². The number of thioether (sulfide) groups is 1. The zero-order chi connectivity index (χ0) is 17.9. The van der Waals surface area contributed by atoms with Crippen molar-refractivity contribution in [3.63, 3.8) is 0 Å². The maximum atomic E-state index is 12.4. The number of carbonyl (C=O) groups is 1. The molecule has 0 saturated heterocycles. The fraction of sp³-hybridized carbons (Fsp3) is 0.278. The van der Waals surface area contributed by atoms with E-state index >= 15 is 0 Å². The molecule has 1 amide bonds. The van der Waals surface area contributed by atoms with Gasteiger partial charge in [0.1, 0.15) is 0 Å². The molecule has 2 aromatic heterocycles. The summed E-state index contributed by atoms with van der Waals surface area (Å²) in [5.41, 5.74) is 2.54. The van der Waals surface area contributed by atoms with Crippen molar-refractivity contribution in [2.24, 2.45) is 0 Å². The molecule has 0 spiro atoms. The Morgan fingerprint density at radius 3 is 3.04 bits per heavy atom. The third-order valence-electron chi connectivity index (χ3n) is 4.44. The van der Waals surface area contributed by atoms with Crippen LogP contribution in [0.15, 0.2) is 52.2 Å². The Kier molecular flexibility index (Phi) is 4.66. The molecule has 7 nitrogen and oxygen atoms in total. The van der Waals surface area contributed by atoms with Gasteiger partial charge in [-0.15, -0.1) is 10.2 Å². The van der Waals surface area contributed by atoms with E-state index in [-0.39, 0.29) is 17.7 Å². The van der Waals surface area contributed by atoms with Gasteiger partial charge in [-0.3, -0.25) is 4.79 Å². The van der Waals surface area contributed by atoms with Crippen LogP contribution in [0.1, 0.15) is 30.0 Å². The fourth-order valence-corrected chi connectivity index (χ4v) is 3.89. The molecule has 134 valence electrons. The molecule has 3 aromatic rings. The van der Waals surface area contributed by atoms with Crippen LogP contribution in [0.5, 0.6) is 0 Å². The Morgan fingerprint density at radius 2 is 2.19 bits per heavy atom. The molecule has 4 rings (SSSR count). The van der Waals surface area contributed by atoms with Gasteiger partial charge < -0.3 is 15.6 Å². The molecule has 8 heteroatoms. The number of hydrogen-bond donors (Lipinski definition) is 2. The van der Waals surface area contributed by atoms with Crippen LogP contribution in [-0.4, -0.2) is 26.5 Å². The Labute approximate surface area is 154 Å². The predicted octanol–water partition coefficient (Wildman–Crippen LogP) is 2.54. The third kappa shape index (κ3) is 3.32. The smallest absolute Gasteiger partial charge is 0.230 e. The Hall–Kier alpha value is -2.74. The van der Waals surface area contributed by atoms with Gasteiger partial charge in [-0.25, -0.2) is 4.68 Å². The number of nitrogen functional groups attached to an aromatic ring is 1. The average Bonchev–Trinajstić information content (AvgIpc) is 3.30. The van der Waals surface area contributed by atoms with Gasteiger partial charge in [0.15, 0.2) is 5.76 Å². The van der Waals surface area contributed by atoms with E-state index in [1.54, 1.807) is 18.4 Å². The van der Waals surface area contributed by atoms with Crippen LogP contribution in [0.25, 0.3) is 11.6 Å². The number of nitrogens with two attached hydrogens (primary N) is 1. The lowest BCUT2D eigenvalue weighted by Crippen LogP contribution is -2.32. The Morgan fingerprint density at radius 1 is 1.31 bits per heavy atom. The van der Waals surface area contributed by atoms with Crippen LogP contribution in [0, 0.1) is 0 Å². The van der Waals surface area contributed by atoms with Crippen LogP contribution in [0.3, 0.4) is 0 Å². The maximum Gasteiger partial charge on any atom is 0.230 e. The monoisotopic (exact) mass is 369 g/mol. The van der Waals surface area contributed by atoms with Crippen molar-refractivity contribution in [1.82, 2.24) is 20.2 Å². The van der Waals surface area contributed by atoms with Crippen molar-refractivity contribution in [2.75, 3.05) is 11.6 Å². The molecular weight excluding hydrogens is 350 g/mol. The van der Waals surface area contributed by atoms with Crippen molar-refractivity contribution in [1.29, 1.82) is 0 Å². The van der Waals surface area contributed by atoms with Crippen LogP contribution in [0.4, 0.5) is 0 Å². The number of rotatable bonds is 5. The summed E-state index contributed by atoms with van der Waals surface area (Å²) in [6.07, 6.45) is 4.66. The predicted molar refractivity (Wildman–Crippen MR) is 98.9 cm³/mol. The normalized spacial score (nSPS) is 16.2. The summed E-state index contributed by atoms with van der Waals surface area (Å²) in [5.74, 6) is 7.16. The second kappa shape index (κ2) is 7.25. The highest BCUT2D eigenvalue weighted by Gasteiger charge is 2.22. The number of nitrogens with one attached hydrogen (secondary N) is 1. The number of aromatic nitrogens is 3. The summed E-state index contributed by atoms with van der Waals surface area (Å²) >= 11 is 1.25. The molecule has 1 aliphatic carbocycles. The van der Waals surface area contributed by atoms with E-state index in [0.717, 1.165) is 19.3 Å². The third-order valence-corrected chi connectivity index (χ3v) is 5.39. The summed E-state index contributed by atoms with van der Waals surface area (Å²) in [6.45, 7) is 0. The van der Waals surface area contributed by atoms with Gasteiger partial charge in [0.25, 0.3) is 0 Å². The molecule has 0 radical (unpaired) electrons. The van der Waals surface area contributed by atoms with Gasteiger partial charge in [-0.1, -0.05) is 36.0 Å². The first-order valence-electron chi connectivity index (χ1n) is 8.46. The van der Waals surface area contributed by atoms with Gasteiger partial charge in [0, 0.05) is 0 Å². The largest absolute Gasteiger partial charge is 0.461 e.